The van der Waals surface area contributed by atoms with Gasteiger partial charge in [0.1, 0.15) is 6.23 Å². The Morgan fingerprint density at radius 2 is 0.867 bits per heavy atom. The quantitative estimate of drug-likeness (QED) is 0.0329. The van der Waals surface area contributed by atoms with E-state index >= 15 is 0 Å². The van der Waals surface area contributed by atoms with Gasteiger partial charge in [-0.2, -0.15) is 0 Å². The number of benzene rings is 4. The van der Waals surface area contributed by atoms with E-state index < -0.39 is 87.7 Å². The molecule has 27 nitrogen and oxygen atoms in total. The SMILES string of the molecule is COCCNCc1ccc(C(=O)NCCCN2CCCNC(=O)c3ccc(c(O)c3O)C(=O)NCCCN(CCCNC(=O)c3ccc(C(O)NCCOC)c(O)c3O)CCCNC(=O)c3ccc(c(O)c3O)C(=O)NCCC2)c(O)c1O. The topological polar surface area (TPSA) is 406 Å². The van der Waals surface area contributed by atoms with E-state index in [2.05, 4.69) is 42.5 Å². The summed E-state index contributed by atoms with van der Waals surface area (Å²) in [6.07, 6.45) is 0.955. The van der Waals surface area contributed by atoms with Crippen LogP contribution in [-0.4, -0.2) is 210 Å². The minimum atomic E-state index is -1.34. The first kappa shape index (κ1) is 65.6. The lowest BCUT2D eigenvalue weighted by Gasteiger charge is -2.23. The second-order valence-corrected chi connectivity index (χ2v) is 19.4. The molecule has 0 fully saturated rings. The van der Waals surface area contributed by atoms with E-state index in [0.717, 1.165) is 0 Å². The fourth-order valence-electron chi connectivity index (χ4n) is 8.91. The van der Waals surface area contributed by atoms with Crippen LogP contribution in [-0.2, 0) is 16.0 Å². The number of aromatic hydroxyl groups is 8. The maximum Gasteiger partial charge on any atom is 0.255 e. The molecule has 0 saturated carbocycles. The number of hydrogen-bond donors (Lipinski definition) is 17. The lowest BCUT2D eigenvalue weighted by molar-refractivity contribution is 0.0930. The molecule has 4 bridgehead atoms. The summed E-state index contributed by atoms with van der Waals surface area (Å²) < 4.78 is 9.93. The summed E-state index contributed by atoms with van der Waals surface area (Å²) in [4.78, 5) is 83.1. The zero-order valence-corrected chi connectivity index (χ0v) is 46.6. The Balaban J connectivity index is 1.22. The number of rotatable bonds is 20. The van der Waals surface area contributed by atoms with Crippen molar-refractivity contribution in [3.05, 3.63) is 93.0 Å². The predicted octanol–water partition coefficient (Wildman–Crippen LogP) is 0.732. The van der Waals surface area contributed by atoms with Crippen molar-refractivity contribution in [2.45, 2.75) is 51.3 Å². The van der Waals surface area contributed by atoms with E-state index in [9.17, 15) is 74.7 Å². The first-order valence-corrected chi connectivity index (χ1v) is 27.3. The number of phenolic OH excluding ortho intramolecular Hbond substituents is 8. The summed E-state index contributed by atoms with van der Waals surface area (Å²) in [6.45, 7) is 4.80. The van der Waals surface area contributed by atoms with Crippen LogP contribution in [0.5, 0.6) is 46.0 Å². The summed E-state index contributed by atoms with van der Waals surface area (Å²) in [5.74, 6) is -9.75. The van der Waals surface area contributed by atoms with Crippen molar-refractivity contribution in [1.29, 1.82) is 0 Å². The highest BCUT2D eigenvalue weighted by molar-refractivity contribution is 6.04. The highest BCUT2D eigenvalue weighted by Crippen LogP contribution is 2.37. The van der Waals surface area contributed by atoms with Gasteiger partial charge in [-0.15, -0.1) is 0 Å². The number of carbonyl (C=O) groups excluding carboxylic acids is 6. The largest absolute Gasteiger partial charge is 0.504 e. The molecule has 4 heterocycles. The number of amides is 6. The van der Waals surface area contributed by atoms with Crippen LogP contribution in [0, 0.1) is 0 Å². The number of phenols is 8. The van der Waals surface area contributed by atoms with Gasteiger partial charge in [0, 0.05) is 84.2 Å². The normalized spacial score (nSPS) is 15.4. The van der Waals surface area contributed by atoms with Gasteiger partial charge in [-0.1, -0.05) is 12.1 Å². The Bertz CT molecular complexity index is 2760. The number of nitrogens with zero attached hydrogens (tertiary/aromatic N) is 2. The Hall–Kier alpha value is -8.18. The molecule has 0 aliphatic carbocycles. The molecule has 8 rings (SSSR count). The third-order valence-electron chi connectivity index (χ3n) is 13.5. The van der Waals surface area contributed by atoms with Gasteiger partial charge in [0.2, 0.25) is 0 Å². The third-order valence-corrected chi connectivity index (χ3v) is 13.5. The van der Waals surface area contributed by atoms with Crippen LogP contribution < -0.4 is 42.5 Å². The lowest BCUT2D eigenvalue weighted by atomic mass is 10.1. The molecule has 17 N–H and O–H groups in total. The number of aliphatic hydroxyl groups excluding tert-OH is 1. The van der Waals surface area contributed by atoms with Gasteiger partial charge in [0.25, 0.3) is 35.4 Å². The van der Waals surface area contributed by atoms with Crippen LogP contribution >= 0.6 is 0 Å². The van der Waals surface area contributed by atoms with E-state index in [1.165, 1.54) is 55.6 Å². The average molecular weight is 1160 g/mol. The molecule has 1 unspecified atom stereocenters. The molecule has 83 heavy (non-hydrogen) atoms. The van der Waals surface area contributed by atoms with E-state index in [0.29, 0.717) is 96.5 Å². The number of methoxy groups -OCH3 is 2. The smallest absolute Gasteiger partial charge is 0.255 e. The van der Waals surface area contributed by atoms with E-state index in [1.807, 2.05) is 9.80 Å². The lowest BCUT2D eigenvalue weighted by Crippen LogP contribution is -2.35. The van der Waals surface area contributed by atoms with Gasteiger partial charge in [0.15, 0.2) is 46.0 Å². The molecule has 4 aliphatic rings. The summed E-state index contributed by atoms with van der Waals surface area (Å²) in [6, 6.07) is 10.4. The minimum absolute atomic E-state index is 0.0447. The molecule has 0 aromatic heterocycles. The second kappa shape index (κ2) is 33.7. The first-order chi connectivity index (χ1) is 39.9. The van der Waals surface area contributed by atoms with Gasteiger partial charge >= 0.3 is 0 Å². The van der Waals surface area contributed by atoms with E-state index in [4.69, 9.17) is 9.47 Å². The number of hydrogen-bond acceptors (Lipinski definition) is 21. The van der Waals surface area contributed by atoms with Crippen LogP contribution in [0.4, 0.5) is 0 Å². The van der Waals surface area contributed by atoms with Gasteiger partial charge in [-0.3, -0.25) is 34.1 Å². The Morgan fingerprint density at radius 1 is 0.494 bits per heavy atom. The molecular formula is C56H78N10O17. The monoisotopic (exact) mass is 1160 g/mol. The van der Waals surface area contributed by atoms with Gasteiger partial charge in [0.05, 0.1) is 46.6 Å². The van der Waals surface area contributed by atoms with E-state index in [-0.39, 0.29) is 97.9 Å². The molecule has 4 aromatic rings. The van der Waals surface area contributed by atoms with Crippen molar-refractivity contribution in [3.8, 4) is 46.0 Å². The fourth-order valence-corrected chi connectivity index (χ4v) is 8.91. The van der Waals surface area contributed by atoms with Gasteiger partial charge in [-0.05, 0) is 114 Å². The van der Waals surface area contributed by atoms with Gasteiger partial charge < -0.3 is 102 Å². The molecule has 454 valence electrons. The zero-order valence-electron chi connectivity index (χ0n) is 46.6. The highest BCUT2D eigenvalue weighted by Gasteiger charge is 2.25. The number of aliphatic hydroxyl groups is 1. The predicted molar refractivity (Wildman–Crippen MR) is 302 cm³/mol. The standard InChI is InChI=1S/C56H78N10O17/c1-82-31-23-57-33-34-9-10-35(43(68)42(34)67)50(75)58-17-3-25-65-26-4-18-59-51(76)36-11-13-38(46(71)44(36)69)53(78)61-20-6-28-66(29-7-21-62-54(79)39-14-12-37(45(70)47(39)72)52(77)60-19-5-27-65)30-8-22-63-55(80)40-15-16-41(49(74)48(40)73)56(81)64-24-32-83-2/h9-16,56-57,64,67-74,81H,3-8,17-33H2,1-2H3,(H,58,75)(H,59,76)(H,60,77)(H,61,78)(H,62,79)(H,63,80). The Kier molecular flexibility index (Phi) is 26.6. The molecule has 4 aliphatic heterocycles. The Labute approximate surface area is 480 Å². The Morgan fingerprint density at radius 3 is 1.27 bits per heavy atom. The molecule has 27 heteroatoms. The number of ether oxygens (including phenoxy) is 2. The van der Waals surface area contributed by atoms with Crippen LogP contribution in [0.15, 0.2) is 48.5 Å². The molecule has 1 atom stereocenters. The van der Waals surface area contributed by atoms with Crippen LogP contribution in [0.3, 0.4) is 0 Å². The van der Waals surface area contributed by atoms with Gasteiger partial charge in [-0.25, -0.2) is 0 Å². The highest BCUT2D eigenvalue weighted by atomic mass is 16.5. The van der Waals surface area contributed by atoms with Crippen LogP contribution in [0.25, 0.3) is 0 Å². The molecule has 0 saturated heterocycles. The van der Waals surface area contributed by atoms with Crippen molar-refractivity contribution >= 4 is 35.4 Å². The van der Waals surface area contributed by atoms with Crippen molar-refractivity contribution in [1.82, 2.24) is 52.3 Å². The van der Waals surface area contributed by atoms with Crippen LogP contribution in [0.2, 0.25) is 0 Å². The number of carbonyl (C=O) groups is 6. The van der Waals surface area contributed by atoms with Crippen LogP contribution in [0.1, 0.15) is 118 Å². The van der Waals surface area contributed by atoms with E-state index in [1.54, 1.807) is 7.11 Å². The number of nitrogens with one attached hydrogen (secondary N) is 8. The maximum absolute atomic E-state index is 13.3. The fraction of sp³-hybridized carbons (Fsp3) is 0.464. The summed E-state index contributed by atoms with van der Waals surface area (Å²) in [5.41, 5.74) is -1.11. The molecule has 0 radical (unpaired) electrons. The maximum atomic E-state index is 13.3. The molecule has 6 amide bonds. The first-order valence-electron chi connectivity index (χ1n) is 27.3. The molecule has 4 aromatic carbocycles. The van der Waals surface area contributed by atoms with Crippen molar-refractivity contribution in [2.75, 3.05) is 119 Å². The van der Waals surface area contributed by atoms with Crippen molar-refractivity contribution in [3.63, 3.8) is 0 Å². The summed E-state index contributed by atoms with van der Waals surface area (Å²) in [7, 11) is 3.03. The summed E-state index contributed by atoms with van der Waals surface area (Å²) in [5, 5.41) is 118. The third kappa shape index (κ3) is 19.2. The summed E-state index contributed by atoms with van der Waals surface area (Å²) >= 11 is 0. The molecule has 0 spiro atoms. The minimum Gasteiger partial charge on any atom is -0.504 e. The average Bonchev–Trinajstić information content (AvgIpc) is 3.66. The second-order valence-electron chi connectivity index (χ2n) is 19.4. The molecular weight excluding hydrogens is 1080 g/mol. The van der Waals surface area contributed by atoms with Crippen molar-refractivity contribution in [2.24, 2.45) is 0 Å². The van der Waals surface area contributed by atoms with Crippen molar-refractivity contribution < 1.29 is 84.2 Å². The zero-order chi connectivity index (χ0) is 60.4.